The van der Waals surface area contributed by atoms with E-state index in [0.717, 1.165) is 17.8 Å². The molecule has 1 aromatic heterocycles. The maximum absolute atomic E-state index is 12.8. The number of nitrogens with one attached hydrogen (secondary N) is 1. The molecule has 3 aromatic rings. The summed E-state index contributed by atoms with van der Waals surface area (Å²) in [6, 6.07) is 12.5. The molecule has 0 amide bonds. The SMILES string of the molecule is Cc1cc(Nc2nccc(C(F)(F)F)n2)cc(-c2cccc(OC(=O)O)c2)c1. The normalized spacial score (nSPS) is 11.1. The number of hydrogen-bond donors (Lipinski definition) is 2. The number of carbonyl (C=O) groups is 1. The molecule has 0 aliphatic heterocycles. The Labute approximate surface area is 157 Å². The fourth-order valence-corrected chi connectivity index (χ4v) is 2.57. The molecule has 0 aliphatic carbocycles. The number of alkyl halides is 3. The number of hydrogen-bond acceptors (Lipinski definition) is 5. The van der Waals surface area contributed by atoms with Crippen LogP contribution < -0.4 is 10.1 Å². The van der Waals surface area contributed by atoms with Gasteiger partial charge in [0.1, 0.15) is 11.4 Å². The molecule has 0 bridgehead atoms. The van der Waals surface area contributed by atoms with E-state index in [0.29, 0.717) is 16.8 Å². The fraction of sp³-hybridized carbons (Fsp3) is 0.105. The summed E-state index contributed by atoms with van der Waals surface area (Å²) in [6.07, 6.45) is -4.96. The van der Waals surface area contributed by atoms with Crippen molar-refractivity contribution in [2.45, 2.75) is 13.1 Å². The summed E-state index contributed by atoms with van der Waals surface area (Å²) in [5.41, 5.74) is 1.66. The van der Waals surface area contributed by atoms with Crippen LogP contribution in [0.3, 0.4) is 0 Å². The summed E-state index contributed by atoms with van der Waals surface area (Å²) >= 11 is 0. The topological polar surface area (TPSA) is 84.3 Å². The van der Waals surface area contributed by atoms with Crippen molar-refractivity contribution in [1.82, 2.24) is 9.97 Å². The first-order valence-electron chi connectivity index (χ1n) is 8.01. The van der Waals surface area contributed by atoms with Crippen LogP contribution in [0.2, 0.25) is 0 Å². The number of ether oxygens (including phenoxy) is 1. The van der Waals surface area contributed by atoms with Crippen LogP contribution in [0.5, 0.6) is 5.75 Å². The van der Waals surface area contributed by atoms with Gasteiger partial charge in [0.25, 0.3) is 0 Å². The van der Waals surface area contributed by atoms with E-state index >= 15 is 0 Å². The summed E-state index contributed by atoms with van der Waals surface area (Å²) in [6.45, 7) is 1.82. The van der Waals surface area contributed by atoms with Gasteiger partial charge in [0.15, 0.2) is 0 Å². The third-order valence-corrected chi connectivity index (χ3v) is 3.65. The highest BCUT2D eigenvalue weighted by atomic mass is 19.4. The van der Waals surface area contributed by atoms with Gasteiger partial charge in [0, 0.05) is 11.9 Å². The summed E-state index contributed by atoms with van der Waals surface area (Å²) in [5.74, 6) is -0.0310. The predicted octanol–water partition coefficient (Wildman–Crippen LogP) is 5.27. The number of nitrogens with zero attached hydrogens (tertiary/aromatic N) is 2. The molecule has 0 saturated carbocycles. The molecule has 0 fully saturated rings. The molecule has 0 atom stereocenters. The van der Waals surface area contributed by atoms with Crippen LogP contribution >= 0.6 is 0 Å². The van der Waals surface area contributed by atoms with Crippen molar-refractivity contribution in [3.8, 4) is 16.9 Å². The molecule has 0 radical (unpaired) electrons. The summed E-state index contributed by atoms with van der Waals surface area (Å²) in [4.78, 5) is 18.0. The van der Waals surface area contributed by atoms with E-state index in [-0.39, 0.29) is 11.7 Å². The Balaban J connectivity index is 1.91. The van der Waals surface area contributed by atoms with Crippen molar-refractivity contribution >= 4 is 17.8 Å². The lowest BCUT2D eigenvalue weighted by Gasteiger charge is -2.11. The van der Waals surface area contributed by atoms with E-state index in [4.69, 9.17) is 5.11 Å². The average molecular weight is 389 g/mol. The van der Waals surface area contributed by atoms with Crippen LogP contribution in [0.15, 0.2) is 54.7 Å². The van der Waals surface area contributed by atoms with Gasteiger partial charge in [-0.25, -0.2) is 14.8 Å². The first-order chi connectivity index (χ1) is 13.2. The molecule has 0 spiro atoms. The number of halogens is 3. The number of anilines is 2. The van der Waals surface area contributed by atoms with Gasteiger partial charge in [0.05, 0.1) is 0 Å². The van der Waals surface area contributed by atoms with Crippen LogP contribution in [0, 0.1) is 6.92 Å². The van der Waals surface area contributed by atoms with Gasteiger partial charge in [-0.05, 0) is 53.9 Å². The first-order valence-corrected chi connectivity index (χ1v) is 8.01. The zero-order chi connectivity index (χ0) is 20.3. The minimum Gasteiger partial charge on any atom is -0.449 e. The van der Waals surface area contributed by atoms with Crippen molar-refractivity contribution < 1.29 is 27.8 Å². The van der Waals surface area contributed by atoms with E-state index in [9.17, 15) is 18.0 Å². The van der Waals surface area contributed by atoms with Crippen LogP contribution in [0.4, 0.5) is 29.6 Å². The molecule has 0 saturated heterocycles. The molecule has 6 nitrogen and oxygen atoms in total. The Kier molecular flexibility index (Phi) is 5.16. The second-order valence-electron chi connectivity index (χ2n) is 5.87. The molecule has 28 heavy (non-hydrogen) atoms. The quantitative estimate of drug-likeness (QED) is 0.467. The number of carboxylic acid groups (broad SMARTS) is 1. The molecule has 0 unspecified atom stereocenters. The number of aromatic nitrogens is 2. The number of benzene rings is 2. The standard InChI is InChI=1S/C19H14F3N3O3/c1-11-7-13(12-3-2-4-15(10-12)28-18(26)27)9-14(8-11)24-17-23-6-5-16(25-17)19(20,21)22/h2-10H,1H3,(H,26,27)(H,23,24,25). The van der Waals surface area contributed by atoms with Gasteiger partial charge >= 0.3 is 12.3 Å². The van der Waals surface area contributed by atoms with Gasteiger partial charge in [-0.1, -0.05) is 18.2 Å². The Hall–Kier alpha value is -3.62. The second kappa shape index (κ2) is 7.55. The summed E-state index contributed by atoms with van der Waals surface area (Å²) in [7, 11) is 0. The van der Waals surface area contributed by atoms with Crippen molar-refractivity contribution in [3.63, 3.8) is 0 Å². The lowest BCUT2D eigenvalue weighted by atomic mass is 10.0. The van der Waals surface area contributed by atoms with Gasteiger partial charge in [0.2, 0.25) is 5.95 Å². The molecule has 9 heteroatoms. The minimum absolute atomic E-state index is 0.155. The van der Waals surface area contributed by atoms with Gasteiger partial charge in [-0.15, -0.1) is 0 Å². The van der Waals surface area contributed by atoms with E-state index in [1.165, 1.54) is 6.07 Å². The van der Waals surface area contributed by atoms with E-state index in [1.807, 2.05) is 13.0 Å². The highest BCUT2D eigenvalue weighted by Crippen LogP contribution is 2.30. The highest BCUT2D eigenvalue weighted by molar-refractivity contribution is 5.72. The van der Waals surface area contributed by atoms with Crippen LogP contribution in [-0.4, -0.2) is 21.2 Å². The smallest absolute Gasteiger partial charge is 0.449 e. The van der Waals surface area contributed by atoms with Crippen LogP contribution in [0.1, 0.15) is 11.3 Å². The Bertz CT molecular complexity index is 1020. The molecular weight excluding hydrogens is 375 g/mol. The summed E-state index contributed by atoms with van der Waals surface area (Å²) < 4.78 is 43.1. The third-order valence-electron chi connectivity index (χ3n) is 3.65. The number of rotatable bonds is 4. The van der Waals surface area contributed by atoms with Crippen LogP contribution in [-0.2, 0) is 6.18 Å². The van der Waals surface area contributed by atoms with Gasteiger partial charge in [-0.3, -0.25) is 0 Å². The molecule has 0 aliphatic rings. The van der Waals surface area contributed by atoms with E-state index < -0.39 is 18.0 Å². The van der Waals surface area contributed by atoms with E-state index in [2.05, 4.69) is 20.0 Å². The monoisotopic (exact) mass is 389 g/mol. The largest absolute Gasteiger partial charge is 0.511 e. The van der Waals surface area contributed by atoms with Gasteiger partial charge in [-0.2, -0.15) is 13.2 Å². The van der Waals surface area contributed by atoms with E-state index in [1.54, 1.807) is 30.3 Å². The Morgan fingerprint density at radius 3 is 2.61 bits per heavy atom. The Morgan fingerprint density at radius 1 is 1.11 bits per heavy atom. The van der Waals surface area contributed by atoms with Crippen LogP contribution in [0.25, 0.3) is 11.1 Å². The number of aryl methyl sites for hydroxylation is 1. The van der Waals surface area contributed by atoms with Crippen molar-refractivity contribution in [3.05, 3.63) is 66.0 Å². The molecule has 144 valence electrons. The zero-order valence-electron chi connectivity index (χ0n) is 14.5. The average Bonchev–Trinajstić information content (AvgIpc) is 2.60. The summed E-state index contributed by atoms with van der Waals surface area (Å²) in [5, 5.41) is 11.5. The molecule has 1 heterocycles. The van der Waals surface area contributed by atoms with Crippen molar-refractivity contribution in [2.24, 2.45) is 0 Å². The zero-order valence-corrected chi connectivity index (χ0v) is 14.5. The molecule has 2 N–H and O–H groups in total. The minimum atomic E-state index is -4.57. The van der Waals surface area contributed by atoms with Gasteiger partial charge < -0.3 is 15.2 Å². The molecular formula is C19H14F3N3O3. The lowest BCUT2D eigenvalue weighted by molar-refractivity contribution is -0.141. The third kappa shape index (κ3) is 4.76. The second-order valence-corrected chi connectivity index (χ2v) is 5.87. The molecule has 3 rings (SSSR count). The first kappa shape index (κ1) is 19.2. The molecule has 2 aromatic carbocycles. The predicted molar refractivity (Wildman–Crippen MR) is 95.6 cm³/mol. The van der Waals surface area contributed by atoms with Crippen molar-refractivity contribution in [1.29, 1.82) is 0 Å². The lowest BCUT2D eigenvalue weighted by Crippen LogP contribution is -2.10. The highest BCUT2D eigenvalue weighted by Gasteiger charge is 2.32. The Morgan fingerprint density at radius 2 is 1.89 bits per heavy atom. The maximum atomic E-state index is 12.8. The fourth-order valence-electron chi connectivity index (χ4n) is 2.57. The maximum Gasteiger partial charge on any atom is 0.511 e. The van der Waals surface area contributed by atoms with Crippen molar-refractivity contribution in [2.75, 3.05) is 5.32 Å².